The van der Waals surface area contributed by atoms with Crippen molar-refractivity contribution in [1.82, 2.24) is 5.32 Å². The zero-order valence-corrected chi connectivity index (χ0v) is 11.4. The molecular weight excluding hydrogens is 274 g/mol. The highest BCUT2D eigenvalue weighted by Gasteiger charge is 2.20. The van der Waals surface area contributed by atoms with Gasteiger partial charge in [-0.15, -0.1) is 0 Å². The number of benzene rings is 1. The molecule has 1 atom stereocenters. The van der Waals surface area contributed by atoms with Crippen LogP contribution in [-0.2, 0) is 14.6 Å². The minimum Gasteiger partial charge on any atom is -0.508 e. The summed E-state index contributed by atoms with van der Waals surface area (Å²) >= 11 is 0. The van der Waals surface area contributed by atoms with Gasteiger partial charge in [-0.2, -0.15) is 8.42 Å². The lowest BCUT2D eigenvalue weighted by molar-refractivity contribution is 0.177. The maximum atomic E-state index is 10.8. The zero-order chi connectivity index (χ0) is 14.6. The van der Waals surface area contributed by atoms with Gasteiger partial charge in [-0.3, -0.25) is 4.55 Å². The number of hydrogen-bond acceptors (Lipinski definition) is 6. The van der Waals surface area contributed by atoms with Gasteiger partial charge in [0.25, 0.3) is 0 Å². The topological polar surface area (TPSA) is 116 Å². The SMILES string of the molecule is CC(C)NCC(OS(=O)(=O)O)c1cc(O)cc(O)c1. The van der Waals surface area contributed by atoms with Crippen LogP contribution in [0.25, 0.3) is 0 Å². The molecule has 0 fully saturated rings. The van der Waals surface area contributed by atoms with Crippen molar-refractivity contribution in [2.75, 3.05) is 6.54 Å². The molecule has 1 unspecified atom stereocenters. The standard InChI is InChI=1S/C11H17NO6S/c1-7(2)12-6-11(18-19(15,16)17)8-3-9(13)5-10(14)4-8/h3-5,7,11-14H,6H2,1-2H3,(H,15,16,17). The molecule has 0 saturated heterocycles. The first-order valence-corrected chi connectivity index (χ1v) is 6.96. The summed E-state index contributed by atoms with van der Waals surface area (Å²) < 4.78 is 34.9. The molecule has 0 spiro atoms. The van der Waals surface area contributed by atoms with Crippen molar-refractivity contribution in [2.24, 2.45) is 0 Å². The number of phenolic OH excluding ortho intramolecular Hbond substituents is 2. The van der Waals surface area contributed by atoms with Crippen LogP contribution in [0.1, 0.15) is 25.5 Å². The number of hydrogen-bond donors (Lipinski definition) is 4. The lowest BCUT2D eigenvalue weighted by Crippen LogP contribution is -2.30. The molecule has 7 nitrogen and oxygen atoms in total. The van der Waals surface area contributed by atoms with Crippen LogP contribution in [0.5, 0.6) is 11.5 Å². The molecule has 8 heteroatoms. The molecule has 1 aromatic carbocycles. The van der Waals surface area contributed by atoms with E-state index in [0.29, 0.717) is 0 Å². The highest BCUT2D eigenvalue weighted by Crippen LogP contribution is 2.27. The molecule has 0 aliphatic rings. The van der Waals surface area contributed by atoms with E-state index in [1.807, 2.05) is 13.8 Å². The molecule has 0 amide bonds. The Hall–Kier alpha value is -1.35. The van der Waals surface area contributed by atoms with Crippen molar-refractivity contribution in [3.63, 3.8) is 0 Å². The lowest BCUT2D eigenvalue weighted by Gasteiger charge is -2.18. The average Bonchev–Trinajstić information content (AvgIpc) is 2.21. The molecule has 1 rings (SSSR count). The van der Waals surface area contributed by atoms with Crippen molar-refractivity contribution in [2.45, 2.75) is 26.0 Å². The third-order valence-corrected chi connectivity index (χ3v) is 2.72. The largest absolute Gasteiger partial charge is 0.508 e. The van der Waals surface area contributed by atoms with Crippen LogP contribution in [0.3, 0.4) is 0 Å². The second kappa shape index (κ2) is 6.20. The van der Waals surface area contributed by atoms with E-state index >= 15 is 0 Å². The monoisotopic (exact) mass is 291 g/mol. The molecule has 108 valence electrons. The second-order valence-electron chi connectivity index (χ2n) is 4.36. The third kappa shape index (κ3) is 5.88. The van der Waals surface area contributed by atoms with E-state index in [9.17, 15) is 18.6 Å². The molecule has 0 bridgehead atoms. The quantitative estimate of drug-likeness (QED) is 0.577. The van der Waals surface area contributed by atoms with Crippen molar-refractivity contribution in [3.8, 4) is 11.5 Å². The third-order valence-electron chi connectivity index (χ3n) is 2.25. The predicted molar refractivity (Wildman–Crippen MR) is 68.3 cm³/mol. The summed E-state index contributed by atoms with van der Waals surface area (Å²) in [5.74, 6) is -0.466. The van der Waals surface area contributed by atoms with Gasteiger partial charge in [-0.1, -0.05) is 13.8 Å². The molecule has 0 saturated carbocycles. The molecule has 4 N–H and O–H groups in total. The number of nitrogens with one attached hydrogen (secondary N) is 1. The van der Waals surface area contributed by atoms with Gasteiger partial charge in [-0.05, 0) is 17.7 Å². The summed E-state index contributed by atoms with van der Waals surface area (Å²) in [5, 5.41) is 21.7. The smallest absolute Gasteiger partial charge is 0.397 e. The van der Waals surface area contributed by atoms with Crippen LogP contribution in [0, 0.1) is 0 Å². The Morgan fingerprint density at radius 2 is 1.74 bits per heavy atom. The first-order valence-electron chi connectivity index (χ1n) is 5.59. The summed E-state index contributed by atoms with van der Waals surface area (Å²) in [6.45, 7) is 3.79. The van der Waals surface area contributed by atoms with E-state index in [2.05, 4.69) is 9.50 Å². The Labute approximate surface area is 111 Å². The molecule has 0 aromatic heterocycles. The summed E-state index contributed by atoms with van der Waals surface area (Å²) in [6, 6.07) is 3.66. The van der Waals surface area contributed by atoms with E-state index in [1.165, 1.54) is 12.1 Å². The van der Waals surface area contributed by atoms with Gasteiger partial charge in [-0.25, -0.2) is 4.18 Å². The van der Waals surface area contributed by atoms with Gasteiger partial charge >= 0.3 is 10.4 Å². The highest BCUT2D eigenvalue weighted by atomic mass is 32.3. The fraction of sp³-hybridized carbons (Fsp3) is 0.455. The Bertz CT molecular complexity index is 508. The summed E-state index contributed by atoms with van der Waals surface area (Å²) in [7, 11) is -4.65. The Morgan fingerprint density at radius 1 is 1.21 bits per heavy atom. The zero-order valence-electron chi connectivity index (χ0n) is 10.6. The summed E-state index contributed by atoms with van der Waals surface area (Å²) in [4.78, 5) is 0. The normalized spacial score (nSPS) is 13.7. The molecule has 1 aromatic rings. The number of aromatic hydroxyl groups is 2. The van der Waals surface area contributed by atoms with Crippen LogP contribution in [0.4, 0.5) is 0 Å². The van der Waals surface area contributed by atoms with Crippen LogP contribution in [0.2, 0.25) is 0 Å². The van der Waals surface area contributed by atoms with Crippen molar-refractivity contribution < 1.29 is 27.4 Å². The van der Waals surface area contributed by atoms with Gasteiger partial charge in [0.1, 0.15) is 17.6 Å². The first-order chi connectivity index (χ1) is 8.67. The van der Waals surface area contributed by atoms with E-state index in [4.69, 9.17) is 4.55 Å². The number of rotatable bonds is 6. The fourth-order valence-corrected chi connectivity index (χ4v) is 1.97. The van der Waals surface area contributed by atoms with Gasteiger partial charge in [0.15, 0.2) is 0 Å². The predicted octanol–water partition coefficient (Wildman–Crippen LogP) is 0.956. The van der Waals surface area contributed by atoms with Crippen molar-refractivity contribution in [1.29, 1.82) is 0 Å². The van der Waals surface area contributed by atoms with Crippen LogP contribution < -0.4 is 5.32 Å². The maximum Gasteiger partial charge on any atom is 0.397 e. The van der Waals surface area contributed by atoms with Crippen LogP contribution >= 0.6 is 0 Å². The molecule has 0 radical (unpaired) electrons. The Morgan fingerprint density at radius 3 is 2.16 bits per heavy atom. The van der Waals surface area contributed by atoms with Gasteiger partial charge in [0.2, 0.25) is 0 Å². The maximum absolute atomic E-state index is 10.8. The van der Waals surface area contributed by atoms with Crippen LogP contribution in [-0.4, -0.2) is 35.8 Å². The highest BCUT2D eigenvalue weighted by molar-refractivity contribution is 7.80. The summed E-state index contributed by atoms with van der Waals surface area (Å²) in [5.41, 5.74) is 0.225. The van der Waals surface area contributed by atoms with E-state index in [1.54, 1.807) is 0 Å². The average molecular weight is 291 g/mol. The summed E-state index contributed by atoms with van der Waals surface area (Å²) in [6.07, 6.45) is -1.06. The molecule has 0 aliphatic heterocycles. The number of phenols is 2. The van der Waals surface area contributed by atoms with Crippen molar-refractivity contribution >= 4 is 10.4 Å². The van der Waals surface area contributed by atoms with E-state index in [-0.39, 0.29) is 29.6 Å². The van der Waals surface area contributed by atoms with Crippen LogP contribution in [0.15, 0.2) is 18.2 Å². The van der Waals surface area contributed by atoms with Gasteiger partial charge in [0, 0.05) is 18.7 Å². The molecule has 0 heterocycles. The minimum absolute atomic E-state index is 0.0680. The molecular formula is C11H17NO6S. The van der Waals surface area contributed by atoms with E-state index in [0.717, 1.165) is 6.07 Å². The molecule has 0 aliphatic carbocycles. The second-order valence-corrected chi connectivity index (χ2v) is 5.41. The Kier molecular flexibility index (Phi) is 5.12. The Balaban J connectivity index is 3.00. The fourth-order valence-electron chi connectivity index (χ4n) is 1.50. The van der Waals surface area contributed by atoms with Gasteiger partial charge in [0.05, 0.1) is 0 Å². The minimum atomic E-state index is -4.65. The van der Waals surface area contributed by atoms with Gasteiger partial charge < -0.3 is 15.5 Å². The lowest BCUT2D eigenvalue weighted by atomic mass is 10.1. The first kappa shape index (κ1) is 15.7. The van der Waals surface area contributed by atoms with Crippen molar-refractivity contribution in [3.05, 3.63) is 23.8 Å². The molecule has 19 heavy (non-hydrogen) atoms. The van der Waals surface area contributed by atoms with E-state index < -0.39 is 16.5 Å².